The molecule has 0 spiro atoms. The molecule has 1 fully saturated rings. The maximum atomic E-state index is 12.0. The van der Waals surface area contributed by atoms with Gasteiger partial charge < -0.3 is 9.47 Å². The lowest BCUT2D eigenvalue weighted by Gasteiger charge is -2.24. The van der Waals surface area contributed by atoms with Crippen LogP contribution in [0.4, 0.5) is 0 Å². The van der Waals surface area contributed by atoms with Gasteiger partial charge >= 0.3 is 11.9 Å². The van der Waals surface area contributed by atoms with E-state index in [4.69, 9.17) is 4.74 Å². The number of Topliss-reactive ketones (excluding diaryl/α,β-unsaturated/α-hetero) is 1. The molecule has 1 rings (SSSR count). The van der Waals surface area contributed by atoms with Crippen LogP contribution in [-0.2, 0) is 23.9 Å². The third kappa shape index (κ3) is 3.09. The summed E-state index contributed by atoms with van der Waals surface area (Å²) in [5.74, 6) is -0.803. The van der Waals surface area contributed by atoms with Crippen molar-refractivity contribution in [3.63, 3.8) is 0 Å². The van der Waals surface area contributed by atoms with Crippen molar-refractivity contribution in [2.75, 3.05) is 13.7 Å². The summed E-state index contributed by atoms with van der Waals surface area (Å²) >= 11 is 0. The molecule has 0 bridgehead atoms. The summed E-state index contributed by atoms with van der Waals surface area (Å²) in [4.78, 5) is 34.9. The monoisotopic (exact) mass is 256 g/mol. The minimum atomic E-state index is -1.01. The molecular formula is C13H20O5. The Bertz CT molecular complexity index is 336. The van der Waals surface area contributed by atoms with Crippen molar-refractivity contribution < 1.29 is 23.9 Å². The molecule has 5 nitrogen and oxygen atoms in total. The van der Waals surface area contributed by atoms with Crippen LogP contribution in [0.1, 0.15) is 45.4 Å². The Labute approximate surface area is 107 Å². The number of esters is 2. The normalized spacial score (nSPS) is 22.9. The summed E-state index contributed by atoms with van der Waals surface area (Å²) in [5, 5.41) is 0. The van der Waals surface area contributed by atoms with E-state index >= 15 is 0 Å². The molecule has 0 amide bonds. The molecule has 0 radical (unpaired) electrons. The molecule has 0 aromatic carbocycles. The molecule has 0 saturated heterocycles. The summed E-state index contributed by atoms with van der Waals surface area (Å²) in [5.41, 5.74) is -1.01. The van der Waals surface area contributed by atoms with Gasteiger partial charge in [0, 0.05) is 12.8 Å². The maximum Gasteiger partial charge on any atom is 0.319 e. The smallest absolute Gasteiger partial charge is 0.319 e. The van der Waals surface area contributed by atoms with E-state index in [2.05, 4.69) is 4.74 Å². The molecule has 0 N–H and O–H groups in total. The fourth-order valence-electron chi connectivity index (χ4n) is 2.42. The van der Waals surface area contributed by atoms with Crippen molar-refractivity contribution in [2.24, 2.45) is 5.41 Å². The van der Waals surface area contributed by atoms with Crippen LogP contribution >= 0.6 is 0 Å². The third-order valence-corrected chi connectivity index (χ3v) is 3.42. The number of rotatable bonds is 6. The Kier molecular flexibility index (Phi) is 5.31. The molecule has 0 heterocycles. The average Bonchev–Trinajstić information content (AvgIpc) is 2.72. The number of ketones is 1. The number of carbonyl (C=O) groups excluding carboxylic acids is 3. The van der Waals surface area contributed by atoms with Gasteiger partial charge in [-0.1, -0.05) is 0 Å². The van der Waals surface area contributed by atoms with E-state index in [-0.39, 0.29) is 24.8 Å². The van der Waals surface area contributed by atoms with E-state index in [0.717, 1.165) is 6.42 Å². The lowest BCUT2D eigenvalue weighted by molar-refractivity contribution is -0.159. The van der Waals surface area contributed by atoms with E-state index < -0.39 is 11.4 Å². The van der Waals surface area contributed by atoms with Crippen LogP contribution in [-0.4, -0.2) is 31.4 Å². The number of methoxy groups -OCH3 is 1. The molecule has 0 unspecified atom stereocenters. The van der Waals surface area contributed by atoms with E-state index in [9.17, 15) is 14.4 Å². The molecule has 1 aliphatic rings. The van der Waals surface area contributed by atoms with Crippen LogP contribution in [0.15, 0.2) is 0 Å². The van der Waals surface area contributed by atoms with Crippen LogP contribution in [0, 0.1) is 5.41 Å². The second-order valence-electron chi connectivity index (χ2n) is 4.51. The van der Waals surface area contributed by atoms with E-state index in [1.807, 2.05) is 0 Å². The van der Waals surface area contributed by atoms with E-state index in [1.165, 1.54) is 7.11 Å². The molecule has 18 heavy (non-hydrogen) atoms. The zero-order valence-electron chi connectivity index (χ0n) is 11.0. The number of hydrogen-bond acceptors (Lipinski definition) is 5. The Morgan fingerprint density at radius 1 is 1.39 bits per heavy atom. The highest BCUT2D eigenvalue weighted by Gasteiger charge is 2.49. The first kappa shape index (κ1) is 14.7. The van der Waals surface area contributed by atoms with Gasteiger partial charge in [-0.3, -0.25) is 14.4 Å². The SMILES string of the molecule is CCOC(=O)[C@]1(CCCC(=O)OC)CCCC1=O. The van der Waals surface area contributed by atoms with Gasteiger partial charge in [0.2, 0.25) is 0 Å². The number of carbonyl (C=O) groups is 3. The second-order valence-corrected chi connectivity index (χ2v) is 4.51. The molecule has 0 aliphatic heterocycles. The fraction of sp³-hybridized carbons (Fsp3) is 0.769. The van der Waals surface area contributed by atoms with E-state index in [0.29, 0.717) is 25.7 Å². The third-order valence-electron chi connectivity index (χ3n) is 3.42. The largest absolute Gasteiger partial charge is 0.469 e. The predicted octanol–water partition coefficient (Wildman–Crippen LogP) is 1.63. The molecule has 1 atom stereocenters. The highest BCUT2D eigenvalue weighted by molar-refractivity contribution is 6.05. The van der Waals surface area contributed by atoms with Crippen molar-refractivity contribution in [1.82, 2.24) is 0 Å². The zero-order valence-corrected chi connectivity index (χ0v) is 11.0. The minimum Gasteiger partial charge on any atom is -0.469 e. The van der Waals surface area contributed by atoms with Crippen molar-refractivity contribution in [3.05, 3.63) is 0 Å². The van der Waals surface area contributed by atoms with Crippen LogP contribution in [0.5, 0.6) is 0 Å². The average molecular weight is 256 g/mol. The van der Waals surface area contributed by atoms with Gasteiger partial charge in [-0.05, 0) is 32.6 Å². The Hall–Kier alpha value is -1.39. The predicted molar refractivity (Wildman–Crippen MR) is 63.8 cm³/mol. The van der Waals surface area contributed by atoms with Gasteiger partial charge in [0.15, 0.2) is 0 Å². The van der Waals surface area contributed by atoms with Crippen LogP contribution in [0.3, 0.4) is 0 Å². The van der Waals surface area contributed by atoms with Gasteiger partial charge in [0.05, 0.1) is 13.7 Å². The summed E-state index contributed by atoms with van der Waals surface area (Å²) in [6, 6.07) is 0. The first-order valence-electron chi connectivity index (χ1n) is 6.34. The number of hydrogen-bond donors (Lipinski definition) is 0. The van der Waals surface area contributed by atoms with Crippen LogP contribution in [0.25, 0.3) is 0 Å². The maximum absolute atomic E-state index is 12.0. The molecule has 5 heteroatoms. The van der Waals surface area contributed by atoms with Gasteiger partial charge in [0.1, 0.15) is 11.2 Å². The quantitative estimate of drug-likeness (QED) is 0.533. The molecular weight excluding hydrogens is 236 g/mol. The lowest BCUT2D eigenvalue weighted by Crippen LogP contribution is -2.37. The summed E-state index contributed by atoms with van der Waals surface area (Å²) in [6.07, 6.45) is 2.75. The highest BCUT2D eigenvalue weighted by Crippen LogP contribution is 2.40. The van der Waals surface area contributed by atoms with Crippen molar-refractivity contribution in [2.45, 2.75) is 45.4 Å². The Morgan fingerprint density at radius 3 is 2.61 bits per heavy atom. The highest BCUT2D eigenvalue weighted by atomic mass is 16.5. The summed E-state index contributed by atoms with van der Waals surface area (Å²) in [7, 11) is 1.32. The second kappa shape index (κ2) is 6.52. The Morgan fingerprint density at radius 2 is 2.11 bits per heavy atom. The standard InChI is InChI=1S/C13H20O5/c1-3-18-12(16)13(8-4-6-10(13)14)9-5-7-11(15)17-2/h3-9H2,1-2H3/t13-/m0/s1. The molecule has 0 aromatic rings. The van der Waals surface area contributed by atoms with Gasteiger partial charge in [0.25, 0.3) is 0 Å². The lowest BCUT2D eigenvalue weighted by atomic mass is 9.80. The van der Waals surface area contributed by atoms with Gasteiger partial charge in [-0.15, -0.1) is 0 Å². The molecule has 1 aliphatic carbocycles. The van der Waals surface area contributed by atoms with Gasteiger partial charge in [-0.2, -0.15) is 0 Å². The first-order chi connectivity index (χ1) is 8.56. The van der Waals surface area contributed by atoms with Gasteiger partial charge in [-0.25, -0.2) is 0 Å². The number of ether oxygens (including phenoxy) is 2. The first-order valence-corrected chi connectivity index (χ1v) is 6.34. The van der Waals surface area contributed by atoms with Crippen molar-refractivity contribution in [1.29, 1.82) is 0 Å². The summed E-state index contributed by atoms with van der Waals surface area (Å²) in [6.45, 7) is 1.99. The zero-order chi connectivity index (χ0) is 13.6. The Balaban J connectivity index is 2.64. The fourth-order valence-corrected chi connectivity index (χ4v) is 2.42. The summed E-state index contributed by atoms with van der Waals surface area (Å²) < 4.78 is 9.55. The molecule has 1 saturated carbocycles. The van der Waals surface area contributed by atoms with Crippen LogP contribution in [0.2, 0.25) is 0 Å². The van der Waals surface area contributed by atoms with E-state index in [1.54, 1.807) is 6.92 Å². The minimum absolute atomic E-state index is 0.0502. The van der Waals surface area contributed by atoms with Crippen molar-refractivity contribution >= 4 is 17.7 Å². The molecule has 102 valence electrons. The molecule has 0 aromatic heterocycles. The topological polar surface area (TPSA) is 69.7 Å². The van der Waals surface area contributed by atoms with Crippen LogP contribution < -0.4 is 0 Å². The van der Waals surface area contributed by atoms with Crippen molar-refractivity contribution in [3.8, 4) is 0 Å².